The van der Waals surface area contributed by atoms with Crippen molar-refractivity contribution in [1.29, 1.82) is 0 Å². The second-order valence-electron chi connectivity index (χ2n) is 4.92. The zero-order valence-electron chi connectivity index (χ0n) is 12.0. The summed E-state index contributed by atoms with van der Waals surface area (Å²) in [4.78, 5) is 1.54. The van der Waals surface area contributed by atoms with Crippen molar-refractivity contribution in [2.24, 2.45) is 0 Å². The van der Waals surface area contributed by atoms with Gasteiger partial charge in [-0.15, -0.1) is 0 Å². The summed E-state index contributed by atoms with van der Waals surface area (Å²) in [6, 6.07) is 9.93. The monoisotopic (exact) mass is 310 g/mol. The average Bonchev–Trinajstić information content (AvgIpc) is 2.38. The van der Waals surface area contributed by atoms with E-state index in [9.17, 15) is 8.78 Å². The minimum atomic E-state index is -0.565. The third kappa shape index (κ3) is 3.93. The molecule has 0 saturated carbocycles. The Morgan fingerprint density at radius 3 is 2.33 bits per heavy atom. The van der Waals surface area contributed by atoms with Crippen molar-refractivity contribution in [3.63, 3.8) is 0 Å². The first-order chi connectivity index (χ1) is 10.0. The second kappa shape index (κ2) is 6.87. The molecule has 0 unspecified atom stereocenters. The molecule has 0 amide bonds. The van der Waals surface area contributed by atoms with Crippen molar-refractivity contribution in [3.05, 3.63) is 64.2 Å². The highest BCUT2D eigenvalue weighted by molar-refractivity contribution is 6.30. The molecule has 0 aromatic heterocycles. The van der Waals surface area contributed by atoms with Crippen LogP contribution in [0.25, 0.3) is 0 Å². The molecule has 2 aromatic rings. The number of benzene rings is 2. The predicted octanol–water partition coefficient (Wildman–Crippen LogP) is 3.97. The summed E-state index contributed by atoms with van der Waals surface area (Å²) in [5.41, 5.74) is 1.44. The van der Waals surface area contributed by atoms with Gasteiger partial charge in [0.1, 0.15) is 17.3 Å². The maximum Gasteiger partial charge on any atom is 0.149 e. The third-order valence-corrected chi connectivity index (χ3v) is 3.38. The van der Waals surface area contributed by atoms with E-state index in [1.165, 1.54) is 12.1 Å². The summed E-state index contributed by atoms with van der Waals surface area (Å²) in [7, 11) is 3.38. The largest absolute Gasteiger partial charge is 0.366 e. The van der Waals surface area contributed by atoms with Crippen LogP contribution in [-0.2, 0) is 13.1 Å². The van der Waals surface area contributed by atoms with Gasteiger partial charge in [-0.2, -0.15) is 0 Å². The van der Waals surface area contributed by atoms with Gasteiger partial charge < -0.3 is 10.2 Å². The Hall–Kier alpha value is -1.65. The molecule has 2 aromatic carbocycles. The zero-order valence-corrected chi connectivity index (χ0v) is 12.7. The molecule has 0 spiro atoms. The van der Waals surface area contributed by atoms with E-state index in [2.05, 4.69) is 5.32 Å². The van der Waals surface area contributed by atoms with Crippen molar-refractivity contribution in [2.45, 2.75) is 13.1 Å². The molecule has 2 rings (SSSR count). The van der Waals surface area contributed by atoms with E-state index in [-0.39, 0.29) is 5.69 Å². The smallest absolute Gasteiger partial charge is 0.149 e. The van der Waals surface area contributed by atoms with E-state index in [1.54, 1.807) is 31.1 Å². The van der Waals surface area contributed by atoms with Gasteiger partial charge in [-0.3, -0.25) is 0 Å². The minimum Gasteiger partial charge on any atom is -0.366 e. The van der Waals surface area contributed by atoms with Gasteiger partial charge in [-0.05, 0) is 42.4 Å². The van der Waals surface area contributed by atoms with Crippen LogP contribution in [0.5, 0.6) is 0 Å². The summed E-state index contributed by atoms with van der Waals surface area (Å²) in [6.07, 6.45) is 0. The molecule has 1 N–H and O–H groups in total. The standard InChI is InChI=1S/C16H17ClF2N2/c1-20-9-12-7-14(18)16(15(19)8-12)21(2)10-11-4-3-5-13(17)6-11/h3-8,20H,9-10H2,1-2H3. The summed E-state index contributed by atoms with van der Waals surface area (Å²) in [6.45, 7) is 0.798. The molecule has 0 fully saturated rings. The maximum absolute atomic E-state index is 14.1. The molecule has 5 heteroatoms. The van der Waals surface area contributed by atoms with Crippen LogP contribution in [0.15, 0.2) is 36.4 Å². The minimum absolute atomic E-state index is 0.0326. The first-order valence-electron chi connectivity index (χ1n) is 6.59. The van der Waals surface area contributed by atoms with Gasteiger partial charge in [0.2, 0.25) is 0 Å². The Morgan fingerprint density at radius 1 is 1.10 bits per heavy atom. The lowest BCUT2D eigenvalue weighted by Crippen LogP contribution is -2.20. The SMILES string of the molecule is CNCc1cc(F)c(N(C)Cc2cccc(Cl)c2)c(F)c1. The maximum atomic E-state index is 14.1. The first-order valence-corrected chi connectivity index (χ1v) is 6.97. The van der Waals surface area contributed by atoms with Crippen LogP contribution in [0.3, 0.4) is 0 Å². The summed E-state index contributed by atoms with van der Waals surface area (Å²) in [5, 5.41) is 3.47. The van der Waals surface area contributed by atoms with Crippen molar-refractivity contribution in [2.75, 3.05) is 19.0 Å². The Bertz CT molecular complexity index is 608. The molecular weight excluding hydrogens is 294 g/mol. The number of nitrogens with zero attached hydrogens (tertiary/aromatic N) is 1. The van der Waals surface area contributed by atoms with Gasteiger partial charge >= 0.3 is 0 Å². The van der Waals surface area contributed by atoms with Gasteiger partial charge in [0.25, 0.3) is 0 Å². The molecule has 2 nitrogen and oxygen atoms in total. The summed E-state index contributed by atoms with van der Waals surface area (Å²) < 4.78 is 28.3. The molecule has 0 bridgehead atoms. The first kappa shape index (κ1) is 15.7. The summed E-state index contributed by atoms with van der Waals surface area (Å²) >= 11 is 5.92. The molecule has 0 aliphatic heterocycles. The predicted molar refractivity (Wildman–Crippen MR) is 82.7 cm³/mol. The van der Waals surface area contributed by atoms with Gasteiger partial charge in [-0.1, -0.05) is 23.7 Å². The average molecular weight is 311 g/mol. The molecular formula is C16H17ClF2N2. The van der Waals surface area contributed by atoms with Crippen LogP contribution in [0, 0.1) is 11.6 Å². The highest BCUT2D eigenvalue weighted by Gasteiger charge is 2.15. The van der Waals surface area contributed by atoms with Crippen molar-refractivity contribution >= 4 is 17.3 Å². The van der Waals surface area contributed by atoms with E-state index in [0.717, 1.165) is 5.56 Å². The normalized spacial score (nSPS) is 10.7. The van der Waals surface area contributed by atoms with E-state index < -0.39 is 11.6 Å². The third-order valence-electron chi connectivity index (χ3n) is 3.15. The molecule has 112 valence electrons. The van der Waals surface area contributed by atoms with Gasteiger partial charge in [0.15, 0.2) is 0 Å². The number of halogens is 3. The van der Waals surface area contributed by atoms with E-state index in [1.807, 2.05) is 12.1 Å². The van der Waals surface area contributed by atoms with Gasteiger partial charge in [-0.25, -0.2) is 8.78 Å². The fourth-order valence-corrected chi connectivity index (χ4v) is 2.49. The Morgan fingerprint density at radius 2 is 1.76 bits per heavy atom. The number of anilines is 1. The van der Waals surface area contributed by atoms with E-state index >= 15 is 0 Å². The van der Waals surface area contributed by atoms with Crippen molar-refractivity contribution < 1.29 is 8.78 Å². The second-order valence-corrected chi connectivity index (χ2v) is 5.36. The number of rotatable bonds is 5. The Labute approximate surface area is 128 Å². The topological polar surface area (TPSA) is 15.3 Å². The van der Waals surface area contributed by atoms with Crippen molar-refractivity contribution in [3.8, 4) is 0 Å². The molecule has 0 heterocycles. The Balaban J connectivity index is 2.24. The highest BCUT2D eigenvalue weighted by Crippen LogP contribution is 2.26. The van der Waals surface area contributed by atoms with Crippen LogP contribution in [0.2, 0.25) is 5.02 Å². The molecule has 0 atom stereocenters. The fraction of sp³-hybridized carbons (Fsp3) is 0.250. The molecule has 0 radical (unpaired) electrons. The van der Waals surface area contributed by atoms with Crippen LogP contribution in [0.1, 0.15) is 11.1 Å². The highest BCUT2D eigenvalue weighted by atomic mass is 35.5. The zero-order chi connectivity index (χ0) is 15.4. The number of hydrogen-bond acceptors (Lipinski definition) is 2. The summed E-state index contributed by atoms with van der Waals surface area (Å²) in [5.74, 6) is -1.13. The molecule has 0 aliphatic carbocycles. The van der Waals surface area contributed by atoms with Crippen LogP contribution >= 0.6 is 11.6 Å². The lowest BCUT2D eigenvalue weighted by molar-refractivity contribution is 0.571. The Kier molecular flexibility index (Phi) is 5.15. The molecule has 0 aliphatic rings. The van der Waals surface area contributed by atoms with Gasteiger partial charge in [0, 0.05) is 25.2 Å². The van der Waals surface area contributed by atoms with E-state index in [4.69, 9.17) is 11.6 Å². The quantitative estimate of drug-likeness (QED) is 0.899. The molecule has 0 saturated heterocycles. The molecule has 21 heavy (non-hydrogen) atoms. The number of nitrogens with one attached hydrogen (secondary N) is 1. The van der Waals surface area contributed by atoms with Crippen LogP contribution in [-0.4, -0.2) is 14.1 Å². The number of hydrogen-bond donors (Lipinski definition) is 1. The lowest BCUT2D eigenvalue weighted by atomic mass is 10.1. The lowest BCUT2D eigenvalue weighted by Gasteiger charge is -2.21. The fourth-order valence-electron chi connectivity index (χ4n) is 2.28. The van der Waals surface area contributed by atoms with Crippen LogP contribution < -0.4 is 10.2 Å². The van der Waals surface area contributed by atoms with Crippen molar-refractivity contribution in [1.82, 2.24) is 5.32 Å². The van der Waals surface area contributed by atoms with E-state index in [0.29, 0.717) is 23.7 Å². The van der Waals surface area contributed by atoms with Gasteiger partial charge in [0.05, 0.1) is 0 Å². The van der Waals surface area contributed by atoms with Crippen LogP contribution in [0.4, 0.5) is 14.5 Å².